The molecular weight excluding hydrogens is 380 g/mol. The van der Waals surface area contributed by atoms with E-state index in [1.54, 1.807) is 40.5 Å². The summed E-state index contributed by atoms with van der Waals surface area (Å²) in [5.41, 5.74) is 0.0344. The zero-order valence-electron chi connectivity index (χ0n) is 15.0. The van der Waals surface area contributed by atoms with Gasteiger partial charge in [0.15, 0.2) is 6.61 Å². The Morgan fingerprint density at radius 1 is 1.21 bits per heavy atom. The van der Waals surface area contributed by atoms with E-state index in [1.165, 1.54) is 0 Å². The summed E-state index contributed by atoms with van der Waals surface area (Å²) < 4.78 is 6.04. The minimum absolute atomic E-state index is 0.0418. The average molecular weight is 398 g/mol. The molecule has 1 saturated heterocycles. The molecule has 0 bridgehead atoms. The molecule has 1 aliphatic rings. The van der Waals surface area contributed by atoms with Crippen LogP contribution in [0.1, 0.15) is 23.8 Å². The monoisotopic (exact) mass is 398 g/mol. The summed E-state index contributed by atoms with van der Waals surface area (Å²) in [6.07, 6.45) is 1.83. The number of hydrogen-bond donors (Lipinski definition) is 0. The van der Waals surface area contributed by atoms with Crippen molar-refractivity contribution in [3.8, 4) is 0 Å². The van der Waals surface area contributed by atoms with Crippen LogP contribution in [0.25, 0.3) is 10.9 Å². The van der Waals surface area contributed by atoms with Crippen LogP contribution in [0, 0.1) is 0 Å². The van der Waals surface area contributed by atoms with Gasteiger partial charge in [-0.3, -0.25) is 14.4 Å². The number of rotatable bonds is 5. The van der Waals surface area contributed by atoms with Crippen LogP contribution in [0.3, 0.4) is 0 Å². The third-order valence-electron chi connectivity index (χ3n) is 4.71. The maximum Gasteiger partial charge on any atom is 0.328 e. The van der Waals surface area contributed by atoms with Crippen LogP contribution >= 0.6 is 11.3 Å². The smallest absolute Gasteiger partial charge is 0.328 e. The summed E-state index contributed by atoms with van der Waals surface area (Å²) in [6, 6.07) is 10.8. The Bertz CT molecular complexity index is 1060. The van der Waals surface area contributed by atoms with E-state index in [0.717, 1.165) is 22.4 Å². The molecule has 1 fully saturated rings. The van der Waals surface area contributed by atoms with E-state index in [2.05, 4.69) is 10.3 Å². The van der Waals surface area contributed by atoms with Crippen LogP contribution < -0.4 is 5.56 Å². The number of carbonyl (C=O) groups excluding carboxylic acids is 2. The fourth-order valence-electron chi connectivity index (χ4n) is 3.36. The molecule has 3 aromatic rings. The SMILES string of the molecule is O=C(Cn1nnc2ccccc2c1=O)OCC(=O)N1CCCC1c1cccs1. The number of benzene rings is 1. The first-order valence-corrected chi connectivity index (χ1v) is 9.82. The zero-order chi connectivity index (χ0) is 19.5. The number of hydrogen-bond acceptors (Lipinski definition) is 7. The Hall–Kier alpha value is -3.07. The first kappa shape index (κ1) is 18.3. The Labute approximate surface area is 164 Å². The van der Waals surface area contributed by atoms with Gasteiger partial charge < -0.3 is 9.64 Å². The Morgan fingerprint density at radius 2 is 2.07 bits per heavy atom. The largest absolute Gasteiger partial charge is 0.454 e. The first-order valence-electron chi connectivity index (χ1n) is 8.94. The molecule has 144 valence electrons. The van der Waals surface area contributed by atoms with Crippen molar-refractivity contribution in [2.45, 2.75) is 25.4 Å². The number of nitrogens with zero attached hydrogens (tertiary/aromatic N) is 4. The fraction of sp³-hybridized carbons (Fsp3) is 0.316. The van der Waals surface area contributed by atoms with Crippen molar-refractivity contribution >= 4 is 34.1 Å². The number of amides is 1. The van der Waals surface area contributed by atoms with Gasteiger partial charge in [0.2, 0.25) is 0 Å². The number of carbonyl (C=O) groups is 2. The number of fused-ring (bicyclic) bond motifs is 1. The van der Waals surface area contributed by atoms with E-state index >= 15 is 0 Å². The lowest BCUT2D eigenvalue weighted by molar-refractivity contribution is -0.153. The molecule has 1 atom stereocenters. The van der Waals surface area contributed by atoms with Gasteiger partial charge in [-0.1, -0.05) is 23.4 Å². The lowest BCUT2D eigenvalue weighted by atomic mass is 10.2. The van der Waals surface area contributed by atoms with Gasteiger partial charge in [-0.25, -0.2) is 0 Å². The lowest BCUT2D eigenvalue weighted by Gasteiger charge is -2.23. The number of thiophene rings is 1. The highest BCUT2D eigenvalue weighted by Crippen LogP contribution is 2.34. The fourth-order valence-corrected chi connectivity index (χ4v) is 4.24. The second-order valence-electron chi connectivity index (χ2n) is 6.49. The summed E-state index contributed by atoms with van der Waals surface area (Å²) in [5.74, 6) is -0.937. The van der Waals surface area contributed by atoms with Gasteiger partial charge in [0, 0.05) is 11.4 Å². The molecule has 0 saturated carbocycles. The number of aromatic nitrogens is 3. The van der Waals surface area contributed by atoms with Gasteiger partial charge >= 0.3 is 5.97 Å². The van der Waals surface area contributed by atoms with Gasteiger partial charge in [0.05, 0.1) is 11.4 Å². The van der Waals surface area contributed by atoms with Crippen LogP contribution in [0.5, 0.6) is 0 Å². The molecule has 0 N–H and O–H groups in total. The summed E-state index contributed by atoms with van der Waals surface area (Å²) in [6.45, 7) is -0.0939. The quantitative estimate of drug-likeness (QED) is 0.608. The molecule has 9 heteroatoms. The van der Waals surface area contributed by atoms with Crippen LogP contribution in [-0.4, -0.2) is 44.9 Å². The van der Waals surface area contributed by atoms with Gasteiger partial charge in [0.25, 0.3) is 11.5 Å². The summed E-state index contributed by atoms with van der Waals surface area (Å²) in [5, 5.41) is 10.0. The highest BCUT2D eigenvalue weighted by molar-refractivity contribution is 7.10. The predicted molar refractivity (Wildman–Crippen MR) is 103 cm³/mol. The van der Waals surface area contributed by atoms with Crippen molar-refractivity contribution in [2.24, 2.45) is 0 Å². The minimum Gasteiger partial charge on any atom is -0.454 e. The number of likely N-dealkylation sites (tertiary alicyclic amines) is 1. The van der Waals surface area contributed by atoms with E-state index in [9.17, 15) is 14.4 Å². The second kappa shape index (κ2) is 7.89. The van der Waals surface area contributed by atoms with E-state index in [4.69, 9.17) is 4.74 Å². The van der Waals surface area contributed by atoms with Crippen LogP contribution in [0.4, 0.5) is 0 Å². The normalized spacial score (nSPS) is 16.4. The topological polar surface area (TPSA) is 94.4 Å². The minimum atomic E-state index is -0.702. The summed E-state index contributed by atoms with van der Waals surface area (Å²) >= 11 is 1.62. The molecule has 4 rings (SSSR count). The van der Waals surface area contributed by atoms with E-state index in [1.807, 2.05) is 17.5 Å². The molecule has 0 spiro atoms. The molecule has 0 aliphatic carbocycles. The standard InChI is InChI=1S/C19H18N4O4S/c24-17(22-9-3-7-15(22)16-8-4-10-28-16)12-27-18(25)11-23-19(26)13-5-1-2-6-14(13)20-21-23/h1-2,4-6,8,10,15H,3,7,9,11-12H2. The van der Waals surface area contributed by atoms with Gasteiger partial charge in [-0.05, 0) is 36.4 Å². The predicted octanol–water partition coefficient (Wildman–Crippen LogP) is 1.76. The second-order valence-corrected chi connectivity index (χ2v) is 7.47. The van der Waals surface area contributed by atoms with Crippen LogP contribution in [-0.2, 0) is 20.9 Å². The maximum absolute atomic E-state index is 12.5. The molecule has 1 aliphatic heterocycles. The van der Waals surface area contributed by atoms with Crippen LogP contribution in [0.2, 0.25) is 0 Å². The van der Waals surface area contributed by atoms with Gasteiger partial charge in [0.1, 0.15) is 12.1 Å². The van der Waals surface area contributed by atoms with Crippen molar-refractivity contribution < 1.29 is 14.3 Å². The average Bonchev–Trinajstić information content (AvgIpc) is 3.40. The van der Waals surface area contributed by atoms with Crippen molar-refractivity contribution in [1.29, 1.82) is 0 Å². The van der Waals surface area contributed by atoms with Crippen LogP contribution in [0.15, 0.2) is 46.6 Å². The third kappa shape index (κ3) is 3.65. The summed E-state index contributed by atoms with van der Waals surface area (Å²) in [7, 11) is 0. The van der Waals surface area contributed by atoms with Crippen molar-refractivity contribution in [1.82, 2.24) is 19.9 Å². The lowest BCUT2D eigenvalue weighted by Crippen LogP contribution is -2.35. The van der Waals surface area contributed by atoms with Crippen molar-refractivity contribution in [2.75, 3.05) is 13.2 Å². The molecule has 1 aromatic carbocycles. The highest BCUT2D eigenvalue weighted by Gasteiger charge is 2.31. The molecule has 8 nitrogen and oxygen atoms in total. The molecule has 0 radical (unpaired) electrons. The van der Waals surface area contributed by atoms with Crippen molar-refractivity contribution in [3.05, 3.63) is 57.0 Å². The Kier molecular flexibility index (Phi) is 5.16. The van der Waals surface area contributed by atoms with Gasteiger partial charge in [-0.2, -0.15) is 4.68 Å². The number of ether oxygens (including phenoxy) is 1. The zero-order valence-corrected chi connectivity index (χ0v) is 15.8. The molecule has 1 unspecified atom stereocenters. The number of esters is 1. The molecule has 3 heterocycles. The van der Waals surface area contributed by atoms with Crippen molar-refractivity contribution in [3.63, 3.8) is 0 Å². The highest BCUT2D eigenvalue weighted by atomic mass is 32.1. The van der Waals surface area contributed by atoms with E-state index in [0.29, 0.717) is 17.4 Å². The first-order chi connectivity index (χ1) is 13.6. The summed E-state index contributed by atoms with van der Waals surface area (Å²) in [4.78, 5) is 39.9. The molecule has 28 heavy (non-hydrogen) atoms. The Balaban J connectivity index is 1.37. The molecular formula is C19H18N4O4S. The van der Waals surface area contributed by atoms with Gasteiger partial charge in [-0.15, -0.1) is 16.4 Å². The third-order valence-corrected chi connectivity index (χ3v) is 5.68. The Morgan fingerprint density at radius 3 is 2.89 bits per heavy atom. The maximum atomic E-state index is 12.5. The molecule has 1 amide bonds. The van der Waals surface area contributed by atoms with E-state index < -0.39 is 18.1 Å². The van der Waals surface area contributed by atoms with E-state index in [-0.39, 0.29) is 18.6 Å². The molecule has 2 aromatic heterocycles.